The monoisotopic (exact) mass is 306 g/mol. The molecule has 21 heavy (non-hydrogen) atoms. The van der Waals surface area contributed by atoms with Gasteiger partial charge in [-0.05, 0) is 25.5 Å². The summed E-state index contributed by atoms with van der Waals surface area (Å²) in [6.45, 7) is 3.11. The number of aromatic nitrogens is 6. The van der Waals surface area contributed by atoms with Gasteiger partial charge in [-0.15, -0.1) is 0 Å². The average molecular weight is 306 g/mol. The highest BCUT2D eigenvalue weighted by Crippen LogP contribution is 2.37. The Balaban J connectivity index is 1.79. The van der Waals surface area contributed by atoms with E-state index in [4.69, 9.17) is 0 Å². The molecule has 2 aromatic rings. The van der Waals surface area contributed by atoms with Crippen LogP contribution in [0.25, 0.3) is 5.95 Å². The third-order valence-corrected chi connectivity index (χ3v) is 4.93. The van der Waals surface area contributed by atoms with E-state index in [9.17, 15) is 0 Å². The molecular weight excluding hydrogens is 288 g/mol. The van der Waals surface area contributed by atoms with Crippen LogP contribution in [0.15, 0.2) is 12.7 Å². The highest BCUT2D eigenvalue weighted by molar-refractivity contribution is 8.00. The number of rotatable bonds is 5. The fourth-order valence-corrected chi connectivity index (χ4v) is 3.46. The summed E-state index contributed by atoms with van der Waals surface area (Å²) in [5, 5.41) is 10.3. The number of nitrogens with zero attached hydrogens (tertiary/aromatic N) is 6. The topological polar surface area (TPSA) is 93.4 Å². The molecule has 0 saturated carbocycles. The first kappa shape index (κ1) is 14.1. The molecule has 1 saturated heterocycles. The predicted octanol–water partition coefficient (Wildman–Crippen LogP) is 1.19. The zero-order chi connectivity index (χ0) is 14.7. The van der Waals surface area contributed by atoms with E-state index in [-0.39, 0.29) is 4.75 Å². The molecule has 0 aromatic carbocycles. The van der Waals surface area contributed by atoms with Crippen LogP contribution in [0, 0.1) is 0 Å². The Morgan fingerprint density at radius 2 is 2.19 bits per heavy atom. The summed E-state index contributed by atoms with van der Waals surface area (Å²) in [4.78, 5) is 16.9. The number of thioether (sulfide) groups is 1. The minimum Gasteiger partial charge on any atom is -0.357 e. The van der Waals surface area contributed by atoms with Gasteiger partial charge in [-0.2, -0.15) is 36.5 Å². The smallest absolute Gasteiger partial charge is 0.258 e. The summed E-state index contributed by atoms with van der Waals surface area (Å²) in [5.41, 5.74) is 0. The second-order valence-electron chi connectivity index (χ2n) is 5.13. The third-order valence-electron chi connectivity index (χ3n) is 3.39. The van der Waals surface area contributed by atoms with Gasteiger partial charge in [0.25, 0.3) is 5.95 Å². The van der Waals surface area contributed by atoms with Crippen molar-refractivity contribution in [1.82, 2.24) is 29.7 Å². The van der Waals surface area contributed by atoms with Crippen LogP contribution < -0.4 is 10.6 Å². The molecule has 1 aliphatic heterocycles. The summed E-state index contributed by atoms with van der Waals surface area (Å²) in [5.74, 6) is 2.72. The van der Waals surface area contributed by atoms with E-state index < -0.39 is 0 Å². The number of hydrogen-bond acceptors (Lipinski definition) is 8. The maximum atomic E-state index is 4.39. The second kappa shape index (κ2) is 5.84. The fourth-order valence-electron chi connectivity index (χ4n) is 2.21. The van der Waals surface area contributed by atoms with Gasteiger partial charge in [-0.1, -0.05) is 0 Å². The van der Waals surface area contributed by atoms with Crippen molar-refractivity contribution in [3.05, 3.63) is 12.7 Å². The lowest BCUT2D eigenvalue weighted by atomic mass is 10.1. The van der Waals surface area contributed by atoms with Crippen molar-refractivity contribution in [3.8, 4) is 5.95 Å². The highest BCUT2D eigenvalue weighted by atomic mass is 32.2. The first-order valence-corrected chi connectivity index (χ1v) is 7.84. The average Bonchev–Trinajstić information content (AvgIpc) is 3.17. The van der Waals surface area contributed by atoms with Crippen molar-refractivity contribution in [2.24, 2.45) is 0 Å². The van der Waals surface area contributed by atoms with E-state index in [0.717, 1.165) is 6.54 Å². The van der Waals surface area contributed by atoms with Gasteiger partial charge in [-0.3, -0.25) is 0 Å². The summed E-state index contributed by atoms with van der Waals surface area (Å²) in [7, 11) is 1.78. The van der Waals surface area contributed by atoms with E-state index in [2.05, 4.69) is 42.6 Å². The van der Waals surface area contributed by atoms with Crippen LogP contribution >= 0.6 is 11.8 Å². The number of anilines is 2. The van der Waals surface area contributed by atoms with Gasteiger partial charge in [0.05, 0.1) is 0 Å². The van der Waals surface area contributed by atoms with Crippen LogP contribution in [-0.2, 0) is 0 Å². The Hall–Kier alpha value is -1.90. The standard InChI is InChI=1S/C12H18N8S/c1-12(4-3-5-21-12)6-15-10-17-9(13-2)18-11(19-10)20-8-14-7-16-20/h7-8H,3-6H2,1-2H3,(H2,13,15,17,18,19). The molecule has 0 bridgehead atoms. The molecule has 1 unspecified atom stereocenters. The van der Waals surface area contributed by atoms with Gasteiger partial charge >= 0.3 is 0 Å². The van der Waals surface area contributed by atoms with Gasteiger partial charge in [-0.25, -0.2) is 4.98 Å². The Kier molecular flexibility index (Phi) is 3.91. The van der Waals surface area contributed by atoms with Crippen LogP contribution in [0.5, 0.6) is 0 Å². The van der Waals surface area contributed by atoms with Crippen LogP contribution in [0.2, 0.25) is 0 Å². The van der Waals surface area contributed by atoms with Crippen LogP contribution in [-0.4, -0.2) is 53.8 Å². The normalized spacial score (nSPS) is 21.4. The van der Waals surface area contributed by atoms with E-state index in [1.807, 2.05) is 11.8 Å². The first-order valence-electron chi connectivity index (χ1n) is 6.85. The Labute approximate surface area is 127 Å². The number of hydrogen-bond donors (Lipinski definition) is 2. The lowest BCUT2D eigenvalue weighted by Crippen LogP contribution is -2.28. The SMILES string of the molecule is CNc1nc(NCC2(C)CCCS2)nc(-n2cncn2)n1. The molecule has 0 spiro atoms. The molecule has 0 amide bonds. The fraction of sp³-hybridized carbons (Fsp3) is 0.583. The summed E-state index contributed by atoms with van der Waals surface area (Å²) in [6, 6.07) is 0. The zero-order valence-electron chi connectivity index (χ0n) is 12.1. The largest absolute Gasteiger partial charge is 0.357 e. The number of nitrogens with one attached hydrogen (secondary N) is 2. The Morgan fingerprint density at radius 1 is 1.33 bits per heavy atom. The molecule has 3 rings (SSSR count). The van der Waals surface area contributed by atoms with Crippen LogP contribution in [0.3, 0.4) is 0 Å². The van der Waals surface area contributed by atoms with Gasteiger partial charge in [0, 0.05) is 18.3 Å². The summed E-state index contributed by atoms with van der Waals surface area (Å²) in [6.07, 6.45) is 5.50. The van der Waals surface area contributed by atoms with Gasteiger partial charge in [0.15, 0.2) is 0 Å². The van der Waals surface area contributed by atoms with Crippen LogP contribution in [0.4, 0.5) is 11.9 Å². The summed E-state index contributed by atoms with van der Waals surface area (Å²) >= 11 is 2.00. The van der Waals surface area contributed by atoms with Crippen molar-refractivity contribution in [2.45, 2.75) is 24.5 Å². The molecule has 1 aliphatic rings. The lowest BCUT2D eigenvalue weighted by molar-refractivity contribution is 0.631. The highest BCUT2D eigenvalue weighted by Gasteiger charge is 2.29. The predicted molar refractivity (Wildman–Crippen MR) is 82.9 cm³/mol. The molecule has 9 heteroatoms. The molecule has 8 nitrogen and oxygen atoms in total. The molecule has 0 aliphatic carbocycles. The Bertz CT molecular complexity index is 593. The second-order valence-corrected chi connectivity index (χ2v) is 6.81. The van der Waals surface area contributed by atoms with Crippen LogP contribution in [0.1, 0.15) is 19.8 Å². The first-order chi connectivity index (χ1) is 10.2. The molecule has 3 heterocycles. The van der Waals surface area contributed by atoms with Gasteiger partial charge in [0.2, 0.25) is 11.9 Å². The maximum absolute atomic E-state index is 4.39. The molecule has 2 aromatic heterocycles. The third kappa shape index (κ3) is 3.23. The van der Waals surface area contributed by atoms with Crippen molar-refractivity contribution in [3.63, 3.8) is 0 Å². The molecule has 0 radical (unpaired) electrons. The van der Waals surface area contributed by atoms with Crippen molar-refractivity contribution < 1.29 is 0 Å². The van der Waals surface area contributed by atoms with E-state index in [1.165, 1.54) is 29.6 Å². The zero-order valence-corrected chi connectivity index (χ0v) is 12.9. The Morgan fingerprint density at radius 3 is 2.86 bits per heavy atom. The molecule has 2 N–H and O–H groups in total. The minimum atomic E-state index is 0.250. The van der Waals surface area contributed by atoms with E-state index in [1.54, 1.807) is 13.4 Å². The lowest BCUT2D eigenvalue weighted by Gasteiger charge is -2.22. The minimum absolute atomic E-state index is 0.250. The molecule has 112 valence electrons. The summed E-state index contributed by atoms with van der Waals surface area (Å²) < 4.78 is 1.76. The maximum Gasteiger partial charge on any atom is 0.258 e. The molecular formula is C12H18N8S. The van der Waals surface area contributed by atoms with E-state index >= 15 is 0 Å². The van der Waals surface area contributed by atoms with Crippen molar-refractivity contribution >= 4 is 23.7 Å². The molecule has 1 atom stereocenters. The van der Waals surface area contributed by atoms with E-state index in [0.29, 0.717) is 17.8 Å². The van der Waals surface area contributed by atoms with Gasteiger partial charge < -0.3 is 10.6 Å². The van der Waals surface area contributed by atoms with Crippen molar-refractivity contribution in [1.29, 1.82) is 0 Å². The van der Waals surface area contributed by atoms with Crippen molar-refractivity contribution in [2.75, 3.05) is 30.0 Å². The molecule has 1 fully saturated rings. The van der Waals surface area contributed by atoms with Gasteiger partial charge in [0.1, 0.15) is 12.7 Å². The quantitative estimate of drug-likeness (QED) is 0.851.